The van der Waals surface area contributed by atoms with Crippen LogP contribution in [0.3, 0.4) is 0 Å². The highest BCUT2D eigenvalue weighted by Gasteiger charge is 2.10. The summed E-state index contributed by atoms with van der Waals surface area (Å²) >= 11 is 0. The summed E-state index contributed by atoms with van der Waals surface area (Å²) in [5.74, 6) is 0.735. The SMILES string of the molecule is CCNC(CC(C)C)c1ccccc1. The molecule has 78 valence electrons. The average Bonchev–Trinajstić information content (AvgIpc) is 2.18. The topological polar surface area (TPSA) is 12.0 Å². The van der Waals surface area contributed by atoms with E-state index in [4.69, 9.17) is 0 Å². The molecular formula is C13H21N. The Hall–Kier alpha value is -0.820. The maximum absolute atomic E-state index is 3.53. The molecule has 0 bridgehead atoms. The Morgan fingerprint density at radius 2 is 1.79 bits per heavy atom. The van der Waals surface area contributed by atoms with E-state index in [0.717, 1.165) is 12.5 Å². The van der Waals surface area contributed by atoms with Crippen LogP contribution in [0.4, 0.5) is 0 Å². The van der Waals surface area contributed by atoms with Gasteiger partial charge in [-0.3, -0.25) is 0 Å². The van der Waals surface area contributed by atoms with Crippen LogP contribution in [0, 0.1) is 5.92 Å². The molecule has 1 heteroatoms. The number of hydrogen-bond acceptors (Lipinski definition) is 1. The van der Waals surface area contributed by atoms with E-state index < -0.39 is 0 Å². The Labute approximate surface area is 87.5 Å². The Morgan fingerprint density at radius 1 is 1.14 bits per heavy atom. The molecule has 0 aliphatic heterocycles. The van der Waals surface area contributed by atoms with Gasteiger partial charge in [0, 0.05) is 6.04 Å². The predicted molar refractivity (Wildman–Crippen MR) is 62.3 cm³/mol. The molecule has 1 aromatic carbocycles. The molecule has 1 atom stereocenters. The number of hydrogen-bond donors (Lipinski definition) is 1. The largest absolute Gasteiger partial charge is 0.310 e. The van der Waals surface area contributed by atoms with Crippen molar-refractivity contribution in [2.24, 2.45) is 5.92 Å². The van der Waals surface area contributed by atoms with Gasteiger partial charge in [-0.1, -0.05) is 51.1 Å². The fourth-order valence-corrected chi connectivity index (χ4v) is 1.74. The lowest BCUT2D eigenvalue weighted by Gasteiger charge is -2.20. The monoisotopic (exact) mass is 191 g/mol. The van der Waals surface area contributed by atoms with Crippen molar-refractivity contribution in [3.8, 4) is 0 Å². The first-order valence-corrected chi connectivity index (χ1v) is 5.52. The zero-order valence-electron chi connectivity index (χ0n) is 9.46. The molecule has 1 unspecified atom stereocenters. The fraction of sp³-hybridized carbons (Fsp3) is 0.538. The minimum atomic E-state index is 0.515. The summed E-state index contributed by atoms with van der Waals surface area (Å²) in [6.45, 7) is 7.74. The van der Waals surface area contributed by atoms with Gasteiger partial charge < -0.3 is 5.32 Å². The second-order valence-corrected chi connectivity index (χ2v) is 4.15. The molecule has 0 radical (unpaired) electrons. The molecule has 0 aliphatic rings. The molecule has 0 fully saturated rings. The maximum Gasteiger partial charge on any atom is 0.0322 e. The molecule has 1 rings (SSSR count). The van der Waals surface area contributed by atoms with Crippen molar-refractivity contribution in [2.75, 3.05) is 6.54 Å². The van der Waals surface area contributed by atoms with Gasteiger partial charge in [-0.05, 0) is 24.4 Å². The Bertz CT molecular complexity index is 241. The summed E-state index contributed by atoms with van der Waals surface area (Å²) in [6.07, 6.45) is 1.21. The highest BCUT2D eigenvalue weighted by Crippen LogP contribution is 2.20. The van der Waals surface area contributed by atoms with Crippen LogP contribution in [0.5, 0.6) is 0 Å². The zero-order valence-corrected chi connectivity index (χ0v) is 9.46. The van der Waals surface area contributed by atoms with Gasteiger partial charge in [0.15, 0.2) is 0 Å². The minimum absolute atomic E-state index is 0.515. The Balaban J connectivity index is 2.67. The van der Waals surface area contributed by atoms with Crippen LogP contribution < -0.4 is 5.32 Å². The highest BCUT2D eigenvalue weighted by atomic mass is 14.9. The smallest absolute Gasteiger partial charge is 0.0322 e. The van der Waals surface area contributed by atoms with E-state index in [1.54, 1.807) is 0 Å². The lowest BCUT2D eigenvalue weighted by molar-refractivity contribution is 0.438. The molecular weight excluding hydrogens is 170 g/mol. The average molecular weight is 191 g/mol. The lowest BCUT2D eigenvalue weighted by atomic mass is 9.97. The zero-order chi connectivity index (χ0) is 10.4. The second-order valence-electron chi connectivity index (χ2n) is 4.15. The van der Waals surface area contributed by atoms with Crippen LogP contribution in [0.25, 0.3) is 0 Å². The van der Waals surface area contributed by atoms with Gasteiger partial charge in [-0.25, -0.2) is 0 Å². The maximum atomic E-state index is 3.53. The van der Waals surface area contributed by atoms with E-state index in [2.05, 4.69) is 56.4 Å². The quantitative estimate of drug-likeness (QED) is 0.752. The highest BCUT2D eigenvalue weighted by molar-refractivity contribution is 5.18. The number of nitrogens with one attached hydrogen (secondary N) is 1. The summed E-state index contributed by atoms with van der Waals surface area (Å²) in [5, 5.41) is 3.53. The molecule has 0 spiro atoms. The van der Waals surface area contributed by atoms with Crippen LogP contribution in [0.2, 0.25) is 0 Å². The van der Waals surface area contributed by atoms with Gasteiger partial charge in [-0.2, -0.15) is 0 Å². The van der Waals surface area contributed by atoms with Crippen LogP contribution in [-0.2, 0) is 0 Å². The molecule has 1 N–H and O–H groups in total. The van der Waals surface area contributed by atoms with E-state index in [9.17, 15) is 0 Å². The standard InChI is InChI=1S/C13H21N/c1-4-14-13(10-11(2)3)12-8-6-5-7-9-12/h5-9,11,13-14H,4,10H2,1-3H3. The van der Waals surface area contributed by atoms with Crippen LogP contribution in [-0.4, -0.2) is 6.54 Å². The third-order valence-corrected chi connectivity index (χ3v) is 2.36. The first-order valence-electron chi connectivity index (χ1n) is 5.52. The van der Waals surface area contributed by atoms with Crippen LogP contribution in [0.15, 0.2) is 30.3 Å². The molecule has 0 saturated carbocycles. The predicted octanol–water partition coefficient (Wildman–Crippen LogP) is 3.38. The third-order valence-electron chi connectivity index (χ3n) is 2.36. The van der Waals surface area contributed by atoms with Crippen molar-refractivity contribution >= 4 is 0 Å². The van der Waals surface area contributed by atoms with Gasteiger partial charge in [0.05, 0.1) is 0 Å². The summed E-state index contributed by atoms with van der Waals surface area (Å²) < 4.78 is 0. The lowest BCUT2D eigenvalue weighted by Crippen LogP contribution is -2.22. The first kappa shape index (κ1) is 11.3. The van der Waals surface area contributed by atoms with Crippen molar-refractivity contribution in [1.82, 2.24) is 5.32 Å². The van der Waals surface area contributed by atoms with E-state index in [-0.39, 0.29) is 0 Å². The molecule has 1 aromatic rings. The van der Waals surface area contributed by atoms with E-state index >= 15 is 0 Å². The third kappa shape index (κ3) is 3.51. The van der Waals surface area contributed by atoms with Gasteiger partial charge in [-0.15, -0.1) is 0 Å². The molecule has 0 amide bonds. The second kappa shape index (κ2) is 5.82. The molecule has 0 aromatic heterocycles. The van der Waals surface area contributed by atoms with Crippen LogP contribution >= 0.6 is 0 Å². The summed E-state index contributed by atoms with van der Waals surface area (Å²) in [4.78, 5) is 0. The minimum Gasteiger partial charge on any atom is -0.310 e. The summed E-state index contributed by atoms with van der Waals surface area (Å²) in [5.41, 5.74) is 1.41. The van der Waals surface area contributed by atoms with Crippen molar-refractivity contribution in [3.63, 3.8) is 0 Å². The number of benzene rings is 1. The van der Waals surface area contributed by atoms with Crippen molar-refractivity contribution in [1.29, 1.82) is 0 Å². The number of rotatable bonds is 5. The Kier molecular flexibility index (Phi) is 4.68. The summed E-state index contributed by atoms with van der Waals surface area (Å²) in [6, 6.07) is 11.2. The van der Waals surface area contributed by atoms with Crippen molar-refractivity contribution in [3.05, 3.63) is 35.9 Å². The van der Waals surface area contributed by atoms with Crippen molar-refractivity contribution < 1.29 is 0 Å². The van der Waals surface area contributed by atoms with Crippen LogP contribution in [0.1, 0.15) is 38.8 Å². The van der Waals surface area contributed by atoms with Crippen molar-refractivity contribution in [2.45, 2.75) is 33.2 Å². The van der Waals surface area contributed by atoms with E-state index in [1.807, 2.05) is 0 Å². The van der Waals surface area contributed by atoms with E-state index in [0.29, 0.717) is 6.04 Å². The van der Waals surface area contributed by atoms with Gasteiger partial charge in [0.25, 0.3) is 0 Å². The van der Waals surface area contributed by atoms with Gasteiger partial charge in [0.2, 0.25) is 0 Å². The Morgan fingerprint density at radius 3 is 2.29 bits per heavy atom. The molecule has 0 saturated heterocycles. The normalized spacial score (nSPS) is 13.1. The molecule has 0 heterocycles. The molecule has 1 nitrogen and oxygen atoms in total. The first-order chi connectivity index (χ1) is 6.74. The van der Waals surface area contributed by atoms with E-state index in [1.165, 1.54) is 12.0 Å². The van der Waals surface area contributed by atoms with Gasteiger partial charge in [0.1, 0.15) is 0 Å². The fourth-order valence-electron chi connectivity index (χ4n) is 1.74. The molecule has 0 aliphatic carbocycles. The van der Waals surface area contributed by atoms with Gasteiger partial charge >= 0.3 is 0 Å². The summed E-state index contributed by atoms with van der Waals surface area (Å²) in [7, 11) is 0. The molecule has 14 heavy (non-hydrogen) atoms.